The Morgan fingerprint density at radius 2 is 1.00 bits per heavy atom. The van der Waals surface area contributed by atoms with Gasteiger partial charge >= 0.3 is 23.9 Å². The molecule has 21 heteroatoms. The highest BCUT2D eigenvalue weighted by Crippen LogP contribution is 2.55. The van der Waals surface area contributed by atoms with Crippen molar-refractivity contribution in [3.63, 3.8) is 0 Å². The number of aromatic carboxylic acids is 4. The average molecular weight is 850 g/mol. The number of carbonyl (C=O) groups is 4. The number of nitrogens with zero attached hydrogens (tertiary/aromatic N) is 3. The van der Waals surface area contributed by atoms with Crippen LogP contribution >= 0.6 is 47.0 Å². The lowest BCUT2D eigenvalue weighted by Crippen LogP contribution is -2.12. The quantitative estimate of drug-likeness (QED) is 0.0807. The summed E-state index contributed by atoms with van der Waals surface area (Å²) < 4.78 is 37.7. The van der Waals surface area contributed by atoms with Crippen molar-refractivity contribution in [2.24, 2.45) is 0 Å². The van der Waals surface area contributed by atoms with E-state index in [0.717, 1.165) is 21.9 Å². The lowest BCUT2D eigenvalue weighted by molar-refractivity contribution is 0.0443. The maximum Gasteiger partial charge on any atom is 0.335 e. The number of ether oxygens (including phenoxy) is 6. The molecule has 0 radical (unpaired) electrons. The van der Waals surface area contributed by atoms with Crippen LogP contribution in [0.2, 0.25) is 0 Å². The molecule has 3 heterocycles. The lowest BCUT2D eigenvalue weighted by atomic mass is 10.1. The number of carboxylic acid groups (broad SMARTS) is 4. The van der Waals surface area contributed by atoms with E-state index in [0.29, 0.717) is 58.5 Å². The number of aromatic nitrogens is 3. The Labute approximate surface area is 336 Å². The van der Waals surface area contributed by atoms with E-state index in [1.54, 1.807) is 57.9 Å². The largest absolute Gasteiger partial charge is 0.491 e. The topological polar surface area (TPSA) is 235 Å². The molecule has 2 aliphatic rings. The van der Waals surface area contributed by atoms with E-state index in [2.05, 4.69) is 21.1 Å². The van der Waals surface area contributed by atoms with Crippen LogP contribution < -0.4 is 9.47 Å². The van der Waals surface area contributed by atoms with Crippen molar-refractivity contribution in [2.75, 3.05) is 59.5 Å². The van der Waals surface area contributed by atoms with E-state index < -0.39 is 23.9 Å². The Kier molecular flexibility index (Phi) is 16.5. The molecule has 0 saturated carbocycles. The zero-order chi connectivity index (χ0) is 39.9. The summed E-state index contributed by atoms with van der Waals surface area (Å²) in [6.45, 7) is 3.54. The van der Waals surface area contributed by atoms with Gasteiger partial charge in [-0.15, -0.1) is 5.10 Å². The molecule has 0 spiro atoms. The molecule has 298 valence electrons. The second-order valence-corrected chi connectivity index (χ2v) is 15.9. The van der Waals surface area contributed by atoms with Gasteiger partial charge < -0.3 is 48.8 Å². The van der Waals surface area contributed by atoms with Crippen LogP contribution in [0.5, 0.6) is 11.5 Å². The third-order valence-corrected chi connectivity index (χ3v) is 12.5. The summed E-state index contributed by atoms with van der Waals surface area (Å²) in [5.74, 6) is -4.78. The van der Waals surface area contributed by atoms with E-state index in [4.69, 9.17) is 38.6 Å². The van der Waals surface area contributed by atoms with Crippen molar-refractivity contribution in [3.05, 3.63) is 99.6 Å². The van der Waals surface area contributed by atoms with Crippen molar-refractivity contribution in [3.8, 4) is 11.5 Å². The summed E-state index contributed by atoms with van der Waals surface area (Å²) in [4.78, 5) is 47.2. The third kappa shape index (κ3) is 13.6. The van der Waals surface area contributed by atoms with Crippen LogP contribution in [-0.4, -0.2) is 119 Å². The van der Waals surface area contributed by atoms with E-state index in [-0.39, 0.29) is 53.6 Å². The molecule has 0 bridgehead atoms. The fourth-order valence-corrected chi connectivity index (χ4v) is 9.37. The standard InChI is InChI=1S/C35H35N3O14S4/c39-30(40)21-9-22(31(41)42)12-26(11-21)51-8-7-48-4-6-50-18-29-20-54-35(56-29)34-53-19-28(55-34)17-49-5-3-47-2-1-38-15-25(36-37-38)16-52-27-13-23(32(43)44)10-24(14-27)33(45)46/h9-15,19-20H,1-8,16-18H2,(H,39,40)(H,41,42)(H,43,44)(H,45,46)/b35-34-. The Morgan fingerprint density at radius 1 is 0.554 bits per heavy atom. The summed E-state index contributed by atoms with van der Waals surface area (Å²) in [5, 5.41) is 49.0. The van der Waals surface area contributed by atoms with E-state index in [9.17, 15) is 29.4 Å². The van der Waals surface area contributed by atoms with Gasteiger partial charge in [-0.05, 0) is 47.2 Å². The van der Waals surface area contributed by atoms with Crippen molar-refractivity contribution in [1.29, 1.82) is 0 Å². The number of hydrogen-bond donors (Lipinski definition) is 4. The van der Waals surface area contributed by atoms with Crippen molar-refractivity contribution >= 4 is 70.9 Å². The molecule has 0 saturated heterocycles. The average Bonchev–Trinajstić information content (AvgIpc) is 3.96. The molecule has 5 rings (SSSR count). The maximum atomic E-state index is 11.3. The van der Waals surface area contributed by atoms with E-state index >= 15 is 0 Å². The van der Waals surface area contributed by atoms with Crippen LogP contribution in [0, 0.1) is 0 Å². The first-order valence-corrected chi connectivity index (χ1v) is 19.9. The van der Waals surface area contributed by atoms with Crippen LogP contribution in [0.4, 0.5) is 0 Å². The van der Waals surface area contributed by atoms with Gasteiger partial charge in [-0.25, -0.2) is 23.9 Å². The van der Waals surface area contributed by atoms with Crippen LogP contribution in [0.25, 0.3) is 0 Å². The monoisotopic (exact) mass is 849 g/mol. The SMILES string of the molecule is O=C(O)c1cc(OCCOCCOCC2=CS/C(=C3\SC=C(COCCOCCn4cc(COc5cc(C(=O)O)cc(C(=O)O)c5)nn4)S3)S2)cc(C(=O)O)c1. The highest BCUT2D eigenvalue weighted by Gasteiger charge is 2.22. The van der Waals surface area contributed by atoms with E-state index in [1.807, 2.05) is 0 Å². The first-order valence-electron chi connectivity index (χ1n) is 16.5. The predicted molar refractivity (Wildman–Crippen MR) is 207 cm³/mol. The zero-order valence-electron chi connectivity index (χ0n) is 29.3. The Balaban J connectivity index is 0.875. The minimum Gasteiger partial charge on any atom is -0.491 e. The van der Waals surface area contributed by atoms with Crippen LogP contribution in [0.1, 0.15) is 47.1 Å². The molecule has 1 aromatic heterocycles. The fourth-order valence-electron chi connectivity index (χ4n) is 4.57. The lowest BCUT2D eigenvalue weighted by Gasteiger charge is -2.09. The molecule has 2 aromatic carbocycles. The highest BCUT2D eigenvalue weighted by atomic mass is 32.2. The predicted octanol–water partition coefficient (Wildman–Crippen LogP) is 5.56. The molecule has 17 nitrogen and oxygen atoms in total. The van der Waals surface area contributed by atoms with Gasteiger partial charge in [-0.1, -0.05) is 52.3 Å². The molecule has 0 amide bonds. The van der Waals surface area contributed by atoms with Crippen LogP contribution in [0.15, 0.2) is 71.7 Å². The minimum atomic E-state index is -1.26. The number of thioether (sulfide) groups is 4. The molecule has 0 fully saturated rings. The van der Waals surface area contributed by atoms with Crippen molar-refractivity contribution in [2.45, 2.75) is 13.2 Å². The third-order valence-electron chi connectivity index (χ3n) is 7.18. The first-order chi connectivity index (χ1) is 27.0. The maximum absolute atomic E-state index is 11.3. The van der Waals surface area contributed by atoms with Gasteiger partial charge in [0.1, 0.15) is 30.4 Å². The zero-order valence-corrected chi connectivity index (χ0v) is 32.6. The van der Waals surface area contributed by atoms with Gasteiger partial charge in [0.15, 0.2) is 0 Å². The summed E-state index contributed by atoms with van der Waals surface area (Å²) in [6.07, 6.45) is 1.66. The summed E-state index contributed by atoms with van der Waals surface area (Å²) in [7, 11) is 0. The number of carboxylic acids is 4. The summed E-state index contributed by atoms with van der Waals surface area (Å²) in [6, 6.07) is 7.14. The van der Waals surface area contributed by atoms with Gasteiger partial charge in [0.2, 0.25) is 0 Å². The smallest absolute Gasteiger partial charge is 0.335 e. The summed E-state index contributed by atoms with van der Waals surface area (Å²) >= 11 is 6.66. The second-order valence-electron chi connectivity index (χ2n) is 11.3. The molecule has 56 heavy (non-hydrogen) atoms. The second kappa shape index (κ2) is 21.7. The fraction of sp³-hybridized carbons (Fsp3) is 0.314. The van der Waals surface area contributed by atoms with Gasteiger partial charge in [0.05, 0.1) is 96.3 Å². The van der Waals surface area contributed by atoms with Crippen LogP contribution in [-0.2, 0) is 32.1 Å². The van der Waals surface area contributed by atoms with Gasteiger partial charge in [-0.2, -0.15) is 0 Å². The molecule has 0 unspecified atom stereocenters. The number of rotatable bonds is 24. The molecule has 4 N–H and O–H groups in total. The Hall–Kier alpha value is -4.48. The molecular weight excluding hydrogens is 815 g/mol. The number of hydrogen-bond acceptors (Lipinski definition) is 16. The summed E-state index contributed by atoms with van der Waals surface area (Å²) in [5.41, 5.74) is -0.261. The normalized spacial score (nSPS) is 15.1. The van der Waals surface area contributed by atoms with Gasteiger partial charge in [0, 0.05) is 9.81 Å². The molecule has 3 aromatic rings. The first kappa shape index (κ1) is 42.7. The Morgan fingerprint density at radius 3 is 1.50 bits per heavy atom. The minimum absolute atomic E-state index is 0.0278. The van der Waals surface area contributed by atoms with Crippen molar-refractivity contribution in [1.82, 2.24) is 15.0 Å². The molecule has 0 aliphatic carbocycles. The molecular formula is C35H35N3O14S4. The molecule has 0 atom stereocenters. The van der Waals surface area contributed by atoms with Gasteiger partial charge in [0.25, 0.3) is 0 Å². The number of benzene rings is 2. The van der Waals surface area contributed by atoms with Crippen molar-refractivity contribution < 1.29 is 68.0 Å². The van der Waals surface area contributed by atoms with E-state index in [1.165, 1.54) is 32.7 Å². The molecule has 2 aliphatic heterocycles. The Bertz CT molecular complexity index is 1940. The van der Waals surface area contributed by atoms with Crippen LogP contribution in [0.3, 0.4) is 0 Å². The van der Waals surface area contributed by atoms with Gasteiger partial charge in [-0.3, -0.25) is 0 Å². The highest BCUT2D eigenvalue weighted by molar-refractivity contribution is 8.33.